The normalized spacial score (nSPS) is 23.1. The van der Waals surface area contributed by atoms with Crippen LogP contribution >= 0.6 is 0 Å². The molecule has 2 aromatic rings. The van der Waals surface area contributed by atoms with Gasteiger partial charge in [-0.2, -0.15) is 0 Å². The van der Waals surface area contributed by atoms with Crippen LogP contribution in [0.3, 0.4) is 0 Å². The van der Waals surface area contributed by atoms with Crippen LogP contribution in [0.5, 0.6) is 0 Å². The van der Waals surface area contributed by atoms with Gasteiger partial charge in [-0.3, -0.25) is 9.59 Å². The summed E-state index contributed by atoms with van der Waals surface area (Å²) in [5.74, 6) is 2.64. The van der Waals surface area contributed by atoms with Crippen LogP contribution in [0.1, 0.15) is 119 Å². The Bertz CT molecular complexity index is 1060. The molecule has 36 heavy (non-hydrogen) atoms. The SMILES string of the molecule is CCC1CCC(c2nc3ccc(C(=O)NC4CC4)cc3n2CCC(=O)N(CC)C2CCCCC2)CC1. The number of imidazole rings is 1. The molecule has 0 bridgehead atoms. The molecule has 3 aliphatic carbocycles. The van der Waals surface area contributed by atoms with Gasteiger partial charge in [0.1, 0.15) is 5.82 Å². The van der Waals surface area contributed by atoms with Crippen molar-refractivity contribution in [3.63, 3.8) is 0 Å². The second-order valence-corrected chi connectivity index (χ2v) is 11.4. The molecule has 0 spiro atoms. The van der Waals surface area contributed by atoms with Crippen molar-refractivity contribution in [1.82, 2.24) is 19.8 Å². The van der Waals surface area contributed by atoms with Gasteiger partial charge in [0.05, 0.1) is 11.0 Å². The van der Waals surface area contributed by atoms with Crippen LogP contribution in [0.15, 0.2) is 18.2 Å². The van der Waals surface area contributed by atoms with Crippen LogP contribution in [0, 0.1) is 5.92 Å². The van der Waals surface area contributed by atoms with Gasteiger partial charge in [-0.1, -0.05) is 32.6 Å². The van der Waals surface area contributed by atoms with E-state index in [0.717, 1.165) is 67.8 Å². The van der Waals surface area contributed by atoms with Crippen LogP contribution in [-0.2, 0) is 11.3 Å². The quantitative estimate of drug-likeness (QED) is 0.454. The highest BCUT2D eigenvalue weighted by Crippen LogP contribution is 2.38. The largest absolute Gasteiger partial charge is 0.349 e. The zero-order valence-electron chi connectivity index (χ0n) is 22.3. The summed E-state index contributed by atoms with van der Waals surface area (Å²) in [6.45, 7) is 5.83. The van der Waals surface area contributed by atoms with Crippen LogP contribution in [-0.4, -0.2) is 44.9 Å². The van der Waals surface area contributed by atoms with Gasteiger partial charge in [0.15, 0.2) is 0 Å². The second-order valence-electron chi connectivity index (χ2n) is 11.4. The molecule has 0 aliphatic heterocycles. The Morgan fingerprint density at radius 3 is 2.42 bits per heavy atom. The topological polar surface area (TPSA) is 67.2 Å². The van der Waals surface area contributed by atoms with E-state index in [1.807, 2.05) is 18.2 Å². The van der Waals surface area contributed by atoms with Crippen molar-refractivity contribution in [3.05, 3.63) is 29.6 Å². The molecule has 1 aromatic carbocycles. The number of benzene rings is 1. The number of amides is 2. The second kappa shape index (κ2) is 11.4. The average Bonchev–Trinajstić information content (AvgIpc) is 3.66. The fourth-order valence-electron chi connectivity index (χ4n) is 6.54. The fourth-order valence-corrected chi connectivity index (χ4v) is 6.54. The molecule has 5 rings (SSSR count). The number of aromatic nitrogens is 2. The van der Waals surface area contributed by atoms with E-state index >= 15 is 0 Å². The average molecular weight is 493 g/mol. The Hall–Kier alpha value is -2.37. The van der Waals surface area contributed by atoms with Crippen molar-refractivity contribution < 1.29 is 9.59 Å². The third-order valence-electron chi connectivity index (χ3n) is 8.97. The van der Waals surface area contributed by atoms with Gasteiger partial charge in [0.25, 0.3) is 5.91 Å². The van der Waals surface area contributed by atoms with E-state index < -0.39 is 0 Å². The molecule has 0 radical (unpaired) electrons. The Morgan fingerprint density at radius 1 is 1.00 bits per heavy atom. The molecule has 3 aliphatic rings. The maximum atomic E-state index is 13.4. The van der Waals surface area contributed by atoms with Crippen LogP contribution in [0.2, 0.25) is 0 Å². The highest BCUT2D eigenvalue weighted by atomic mass is 16.2. The molecule has 0 saturated heterocycles. The van der Waals surface area contributed by atoms with Crippen molar-refractivity contribution in [1.29, 1.82) is 0 Å². The van der Waals surface area contributed by atoms with Crippen molar-refractivity contribution in [3.8, 4) is 0 Å². The van der Waals surface area contributed by atoms with Gasteiger partial charge in [0, 0.05) is 43.1 Å². The summed E-state index contributed by atoms with van der Waals surface area (Å²) in [6, 6.07) is 6.64. The molecule has 1 N–H and O–H groups in total. The summed E-state index contributed by atoms with van der Waals surface area (Å²) in [6.07, 6.45) is 14.8. The Morgan fingerprint density at radius 2 is 1.75 bits per heavy atom. The monoisotopic (exact) mass is 492 g/mol. The third-order valence-corrected chi connectivity index (χ3v) is 8.97. The van der Waals surface area contributed by atoms with E-state index in [9.17, 15) is 9.59 Å². The van der Waals surface area contributed by atoms with Gasteiger partial charge >= 0.3 is 0 Å². The summed E-state index contributed by atoms with van der Waals surface area (Å²) < 4.78 is 2.28. The minimum atomic E-state index is 0.00249. The minimum absolute atomic E-state index is 0.00249. The molecule has 0 unspecified atom stereocenters. The first-order valence-electron chi connectivity index (χ1n) is 14.7. The predicted molar refractivity (Wildman–Crippen MR) is 144 cm³/mol. The van der Waals surface area contributed by atoms with Crippen molar-refractivity contribution in [2.45, 2.75) is 122 Å². The fraction of sp³-hybridized carbons (Fsp3) is 0.700. The van der Waals surface area contributed by atoms with Gasteiger partial charge < -0.3 is 14.8 Å². The lowest BCUT2D eigenvalue weighted by Gasteiger charge is -2.34. The predicted octanol–water partition coefficient (Wildman–Crippen LogP) is 6.18. The number of hydrogen-bond donors (Lipinski definition) is 1. The molecular weight excluding hydrogens is 448 g/mol. The van der Waals surface area contributed by atoms with Crippen molar-refractivity contribution >= 4 is 22.8 Å². The van der Waals surface area contributed by atoms with Crippen LogP contribution in [0.25, 0.3) is 11.0 Å². The molecule has 6 nitrogen and oxygen atoms in total. The lowest BCUT2D eigenvalue weighted by molar-refractivity contribution is -0.134. The molecule has 3 saturated carbocycles. The summed E-state index contributed by atoms with van der Waals surface area (Å²) in [4.78, 5) is 33.4. The van der Waals surface area contributed by atoms with E-state index in [2.05, 4.69) is 28.6 Å². The molecule has 1 heterocycles. The lowest BCUT2D eigenvalue weighted by Crippen LogP contribution is -2.41. The highest BCUT2D eigenvalue weighted by molar-refractivity contribution is 5.97. The smallest absolute Gasteiger partial charge is 0.251 e. The maximum absolute atomic E-state index is 13.4. The molecular formula is C30H44N4O2. The Kier molecular flexibility index (Phi) is 7.97. The minimum Gasteiger partial charge on any atom is -0.349 e. The zero-order valence-corrected chi connectivity index (χ0v) is 22.3. The molecule has 0 atom stereocenters. The summed E-state index contributed by atoms with van der Waals surface area (Å²) in [7, 11) is 0. The van der Waals surface area contributed by atoms with Gasteiger partial charge in [0.2, 0.25) is 5.91 Å². The van der Waals surface area contributed by atoms with Crippen LogP contribution < -0.4 is 5.32 Å². The number of rotatable bonds is 9. The van der Waals surface area contributed by atoms with E-state index in [1.165, 1.54) is 38.5 Å². The molecule has 1 aromatic heterocycles. The Labute approximate surface area is 216 Å². The molecule has 6 heteroatoms. The van der Waals surface area contributed by atoms with E-state index in [1.54, 1.807) is 0 Å². The number of carbonyl (C=O) groups is 2. The zero-order chi connectivity index (χ0) is 25.1. The molecule has 3 fully saturated rings. The summed E-state index contributed by atoms with van der Waals surface area (Å²) in [5, 5.41) is 3.12. The van der Waals surface area contributed by atoms with Gasteiger partial charge in [-0.05, 0) is 82.4 Å². The first-order valence-corrected chi connectivity index (χ1v) is 14.7. The highest BCUT2D eigenvalue weighted by Gasteiger charge is 2.29. The van der Waals surface area contributed by atoms with Gasteiger partial charge in [-0.25, -0.2) is 4.98 Å². The van der Waals surface area contributed by atoms with E-state index in [-0.39, 0.29) is 11.8 Å². The van der Waals surface area contributed by atoms with E-state index in [4.69, 9.17) is 4.98 Å². The van der Waals surface area contributed by atoms with Crippen molar-refractivity contribution in [2.24, 2.45) is 5.92 Å². The first kappa shape index (κ1) is 25.3. The summed E-state index contributed by atoms with van der Waals surface area (Å²) >= 11 is 0. The Balaban J connectivity index is 1.39. The molecule has 196 valence electrons. The standard InChI is InChI=1S/C30H44N4O2/c1-3-21-10-12-22(13-11-21)29-32-26-17-14-23(30(36)31-24-15-16-24)20-27(26)34(29)19-18-28(35)33(4-2)25-8-6-5-7-9-25/h14,17,20-22,24-25H,3-13,15-16,18-19H2,1-2H3,(H,31,36). The number of hydrogen-bond acceptors (Lipinski definition) is 3. The number of fused-ring (bicyclic) bond motifs is 1. The number of nitrogens with one attached hydrogen (secondary N) is 1. The summed E-state index contributed by atoms with van der Waals surface area (Å²) in [5.41, 5.74) is 2.64. The third kappa shape index (κ3) is 5.63. The first-order chi connectivity index (χ1) is 17.6. The van der Waals surface area contributed by atoms with Crippen LogP contribution in [0.4, 0.5) is 0 Å². The number of nitrogens with zero attached hydrogens (tertiary/aromatic N) is 3. The maximum Gasteiger partial charge on any atom is 0.251 e. The number of carbonyl (C=O) groups excluding carboxylic acids is 2. The van der Waals surface area contributed by atoms with Crippen molar-refractivity contribution in [2.75, 3.05) is 6.54 Å². The lowest BCUT2D eigenvalue weighted by atomic mass is 9.80. The molecule has 2 amide bonds. The number of aryl methyl sites for hydroxylation is 1. The van der Waals surface area contributed by atoms with E-state index in [0.29, 0.717) is 36.5 Å². The van der Waals surface area contributed by atoms with Gasteiger partial charge in [-0.15, -0.1) is 0 Å².